The number of carbonyl (C=O) groups is 1. The fraction of sp³-hybridized carbons (Fsp3) is 0.405. The van der Waals surface area contributed by atoms with Gasteiger partial charge in [0.05, 0.1) is 19.8 Å². The summed E-state index contributed by atoms with van der Waals surface area (Å²) in [6, 6.07) is 13.5. The number of halogens is 6. The van der Waals surface area contributed by atoms with E-state index >= 15 is 0 Å². The lowest BCUT2D eigenvalue weighted by Crippen LogP contribution is -2.01. The molecule has 0 heterocycles. The predicted octanol–water partition coefficient (Wildman–Crippen LogP) is 12.3. The van der Waals surface area contributed by atoms with Crippen molar-refractivity contribution in [3.63, 3.8) is 0 Å². The largest absolute Gasteiger partial charge is 0.493 e. The number of hydrogen-bond acceptors (Lipinski definition) is 4. The molecule has 0 aliphatic heterocycles. The maximum atomic E-state index is 14.7. The van der Waals surface area contributed by atoms with Gasteiger partial charge in [0.1, 0.15) is 28.9 Å². The third-order valence-corrected chi connectivity index (χ3v) is 8.82. The van der Waals surface area contributed by atoms with E-state index in [0.29, 0.717) is 37.6 Å². The number of rotatable bonds is 22. The van der Waals surface area contributed by atoms with Crippen molar-refractivity contribution in [2.24, 2.45) is 0 Å². The van der Waals surface area contributed by atoms with Gasteiger partial charge in [-0.25, -0.2) is 22.0 Å². The molecule has 10 heteroatoms. The topological polar surface area (TPSA) is 44.8 Å². The van der Waals surface area contributed by atoms with E-state index < -0.39 is 34.9 Å². The van der Waals surface area contributed by atoms with Crippen molar-refractivity contribution in [2.75, 3.05) is 19.8 Å². The monoisotopic (exact) mass is 728 g/mol. The standard InChI is InChI=1S/C42H46F6O4/c1-3-50-38-23-22-35(41(47)42(38)48)33-21-18-31(27-37(33)44)52-25-13-9-5-7-11-15-29(49)14-10-6-4-8-12-24-51-30-17-20-32(36(43)26-30)34-19-16-28(2)39(45)40(34)46/h16-23,26-27H,3-15,24-25H2,1-2H3. The van der Waals surface area contributed by atoms with Crippen LogP contribution in [-0.2, 0) is 4.79 Å². The Morgan fingerprint density at radius 2 is 0.942 bits per heavy atom. The lowest BCUT2D eigenvalue weighted by atomic mass is 10.0. The van der Waals surface area contributed by atoms with Crippen LogP contribution < -0.4 is 14.2 Å². The molecular weight excluding hydrogens is 682 g/mol. The second-order valence-corrected chi connectivity index (χ2v) is 12.8. The highest BCUT2D eigenvalue weighted by molar-refractivity contribution is 5.78. The molecule has 0 radical (unpaired) electrons. The first kappa shape index (κ1) is 40.3. The minimum absolute atomic E-state index is 0.0250. The number of aryl methyl sites for hydroxylation is 1. The van der Waals surface area contributed by atoms with Crippen LogP contribution in [0.5, 0.6) is 17.2 Å². The average molecular weight is 729 g/mol. The van der Waals surface area contributed by atoms with Gasteiger partial charge in [-0.05, 0) is 81.5 Å². The van der Waals surface area contributed by atoms with Crippen molar-refractivity contribution in [3.8, 4) is 39.5 Å². The smallest absolute Gasteiger partial charge is 0.201 e. The van der Waals surface area contributed by atoms with Gasteiger partial charge >= 0.3 is 0 Å². The molecule has 280 valence electrons. The highest BCUT2D eigenvalue weighted by Gasteiger charge is 2.19. The molecule has 0 unspecified atom stereocenters. The van der Waals surface area contributed by atoms with Crippen LogP contribution in [0, 0.1) is 41.8 Å². The van der Waals surface area contributed by atoms with E-state index in [-0.39, 0.29) is 46.0 Å². The summed E-state index contributed by atoms with van der Waals surface area (Å²) in [5.74, 6) is -5.10. The zero-order chi connectivity index (χ0) is 37.5. The molecule has 4 aromatic rings. The fourth-order valence-electron chi connectivity index (χ4n) is 5.88. The first-order chi connectivity index (χ1) is 25.1. The van der Waals surface area contributed by atoms with Crippen molar-refractivity contribution in [1.82, 2.24) is 0 Å². The first-order valence-corrected chi connectivity index (χ1v) is 18.0. The van der Waals surface area contributed by atoms with Crippen LogP contribution in [-0.4, -0.2) is 25.6 Å². The van der Waals surface area contributed by atoms with Crippen LogP contribution in [0.4, 0.5) is 26.3 Å². The fourth-order valence-corrected chi connectivity index (χ4v) is 5.88. The summed E-state index contributed by atoms with van der Waals surface area (Å²) in [4.78, 5) is 12.3. The van der Waals surface area contributed by atoms with E-state index in [1.807, 2.05) is 0 Å². The van der Waals surface area contributed by atoms with Crippen molar-refractivity contribution < 1.29 is 45.3 Å². The number of carbonyl (C=O) groups excluding carboxylic acids is 1. The van der Waals surface area contributed by atoms with Gasteiger partial charge < -0.3 is 14.2 Å². The molecule has 0 atom stereocenters. The Hall–Kier alpha value is -4.47. The second kappa shape index (κ2) is 20.5. The summed E-state index contributed by atoms with van der Waals surface area (Å²) < 4.78 is 103. The Kier molecular flexibility index (Phi) is 15.9. The van der Waals surface area contributed by atoms with Gasteiger partial charge in [-0.15, -0.1) is 0 Å². The van der Waals surface area contributed by atoms with E-state index in [1.165, 1.54) is 55.5 Å². The number of hydrogen-bond donors (Lipinski definition) is 0. The third-order valence-electron chi connectivity index (χ3n) is 8.82. The highest BCUT2D eigenvalue weighted by atomic mass is 19.2. The van der Waals surface area contributed by atoms with Gasteiger partial charge in [0, 0.05) is 47.2 Å². The van der Waals surface area contributed by atoms with Crippen LogP contribution in [0.1, 0.15) is 89.5 Å². The summed E-state index contributed by atoms with van der Waals surface area (Å²) in [5.41, 5.74) is -0.258. The maximum Gasteiger partial charge on any atom is 0.201 e. The summed E-state index contributed by atoms with van der Waals surface area (Å²) in [6.07, 6.45) is 9.97. The van der Waals surface area contributed by atoms with Crippen molar-refractivity contribution in [2.45, 2.75) is 90.9 Å². The van der Waals surface area contributed by atoms with Crippen molar-refractivity contribution in [1.29, 1.82) is 0 Å². The lowest BCUT2D eigenvalue weighted by molar-refractivity contribution is -0.119. The summed E-state index contributed by atoms with van der Waals surface area (Å²) in [5, 5.41) is 0. The van der Waals surface area contributed by atoms with E-state index in [0.717, 1.165) is 70.3 Å². The molecule has 0 aliphatic rings. The molecule has 4 aromatic carbocycles. The average Bonchev–Trinajstić information content (AvgIpc) is 3.12. The molecule has 0 N–H and O–H groups in total. The number of benzene rings is 4. The molecule has 0 aliphatic carbocycles. The van der Waals surface area contributed by atoms with E-state index in [2.05, 4.69) is 0 Å². The van der Waals surface area contributed by atoms with Gasteiger partial charge in [0.25, 0.3) is 0 Å². The number of ether oxygens (including phenoxy) is 3. The molecule has 0 aromatic heterocycles. The van der Waals surface area contributed by atoms with Crippen LogP contribution in [0.2, 0.25) is 0 Å². The van der Waals surface area contributed by atoms with Gasteiger partial charge in [-0.1, -0.05) is 50.7 Å². The van der Waals surface area contributed by atoms with Crippen molar-refractivity contribution in [3.05, 3.63) is 101 Å². The van der Waals surface area contributed by atoms with E-state index in [1.54, 1.807) is 13.0 Å². The Labute approximate surface area is 302 Å². The van der Waals surface area contributed by atoms with Gasteiger partial charge in [-0.3, -0.25) is 4.79 Å². The van der Waals surface area contributed by atoms with Crippen LogP contribution in [0.15, 0.2) is 60.7 Å². The van der Waals surface area contributed by atoms with E-state index in [4.69, 9.17) is 14.2 Å². The van der Waals surface area contributed by atoms with Crippen LogP contribution in [0.25, 0.3) is 22.3 Å². The van der Waals surface area contributed by atoms with Crippen LogP contribution >= 0.6 is 0 Å². The molecular formula is C42H46F6O4. The number of unbranched alkanes of at least 4 members (excludes halogenated alkanes) is 8. The highest BCUT2D eigenvalue weighted by Crippen LogP contribution is 2.33. The van der Waals surface area contributed by atoms with E-state index in [9.17, 15) is 31.1 Å². The molecule has 0 fully saturated rings. The van der Waals surface area contributed by atoms with Crippen molar-refractivity contribution >= 4 is 5.78 Å². The summed E-state index contributed by atoms with van der Waals surface area (Å²) in [7, 11) is 0. The minimum atomic E-state index is -1.17. The van der Waals surface area contributed by atoms with Gasteiger partial charge in [0.2, 0.25) is 5.82 Å². The zero-order valence-corrected chi connectivity index (χ0v) is 29.8. The quantitative estimate of drug-likeness (QED) is 0.0597. The predicted molar refractivity (Wildman–Crippen MR) is 191 cm³/mol. The lowest BCUT2D eigenvalue weighted by Gasteiger charge is -2.11. The molecule has 0 amide bonds. The summed E-state index contributed by atoms with van der Waals surface area (Å²) >= 11 is 0. The maximum absolute atomic E-state index is 14.7. The Bertz CT molecular complexity index is 1780. The number of ketones is 1. The molecule has 0 spiro atoms. The van der Waals surface area contributed by atoms with Gasteiger partial charge in [-0.2, -0.15) is 4.39 Å². The Morgan fingerprint density at radius 1 is 0.500 bits per heavy atom. The van der Waals surface area contributed by atoms with Gasteiger partial charge in [0.15, 0.2) is 23.2 Å². The van der Waals surface area contributed by atoms with Crippen LogP contribution in [0.3, 0.4) is 0 Å². The normalized spacial score (nSPS) is 11.2. The zero-order valence-electron chi connectivity index (χ0n) is 29.8. The molecule has 0 bridgehead atoms. The molecule has 0 saturated heterocycles. The second-order valence-electron chi connectivity index (χ2n) is 12.8. The molecule has 4 nitrogen and oxygen atoms in total. The Morgan fingerprint density at radius 3 is 1.44 bits per heavy atom. The first-order valence-electron chi connectivity index (χ1n) is 18.0. The SMILES string of the molecule is CCOc1ccc(-c2ccc(OCCCCCCCC(=O)CCCCCCCOc3ccc(-c4ccc(C)c(F)c4F)c(F)c3)cc2F)c(F)c1F. The summed E-state index contributed by atoms with van der Waals surface area (Å²) in [6.45, 7) is 4.08. The minimum Gasteiger partial charge on any atom is -0.493 e. The molecule has 0 saturated carbocycles. The molecule has 4 rings (SSSR count). The third kappa shape index (κ3) is 11.5. The molecule has 52 heavy (non-hydrogen) atoms. The Balaban J connectivity index is 0.995. The number of Topliss-reactive ketones (excluding diaryl/α,β-unsaturated/α-hetero) is 1.